The van der Waals surface area contributed by atoms with E-state index in [1.807, 2.05) is 58.9 Å². The number of nitrogens with zero attached hydrogens (tertiary/aromatic N) is 2. The van der Waals surface area contributed by atoms with Crippen molar-refractivity contribution in [2.24, 2.45) is 5.10 Å². The lowest BCUT2D eigenvalue weighted by atomic mass is 9.97. The smallest absolute Gasteiger partial charge is 0.251 e. The summed E-state index contributed by atoms with van der Waals surface area (Å²) in [6, 6.07) is 19.4. The van der Waals surface area contributed by atoms with Gasteiger partial charge in [0.1, 0.15) is 5.75 Å². The maximum absolute atomic E-state index is 13.2. The molecule has 0 fully saturated rings. The minimum absolute atomic E-state index is 0.0106. The summed E-state index contributed by atoms with van der Waals surface area (Å²) in [4.78, 5) is 14.3. The Kier molecular flexibility index (Phi) is 4.10. The summed E-state index contributed by atoms with van der Waals surface area (Å²) >= 11 is 5.08. The van der Waals surface area contributed by atoms with Crippen molar-refractivity contribution in [3.05, 3.63) is 86.5 Å². The van der Waals surface area contributed by atoms with E-state index in [0.717, 1.165) is 32.8 Å². The van der Waals surface area contributed by atoms with Crippen LogP contribution in [0.1, 0.15) is 33.3 Å². The van der Waals surface area contributed by atoms with Gasteiger partial charge in [0.2, 0.25) is 5.78 Å². The Morgan fingerprint density at radius 1 is 1.11 bits per heavy atom. The van der Waals surface area contributed by atoms with E-state index < -0.39 is 6.23 Å². The topological polar surface area (TPSA) is 41.9 Å². The highest BCUT2D eigenvalue weighted by Crippen LogP contribution is 2.43. The van der Waals surface area contributed by atoms with Crippen LogP contribution < -0.4 is 4.74 Å². The number of thiophene rings is 1. The third-order valence-electron chi connectivity index (χ3n) is 4.86. The fraction of sp³-hybridized carbons (Fsp3) is 0.143. The number of halogens is 1. The normalized spacial score (nSPS) is 20.5. The van der Waals surface area contributed by atoms with Crippen LogP contribution in [-0.2, 0) is 0 Å². The molecule has 5 rings (SSSR count). The van der Waals surface area contributed by atoms with Crippen molar-refractivity contribution in [2.45, 2.75) is 18.7 Å². The predicted molar refractivity (Wildman–Crippen MR) is 109 cm³/mol. The molecule has 6 heteroatoms. The van der Waals surface area contributed by atoms with Crippen molar-refractivity contribution < 1.29 is 9.53 Å². The largest absolute Gasteiger partial charge is 0.461 e. The first-order chi connectivity index (χ1) is 13.2. The van der Waals surface area contributed by atoms with Gasteiger partial charge in [-0.2, -0.15) is 5.10 Å². The second-order valence-corrected chi connectivity index (χ2v) is 8.37. The minimum atomic E-state index is -0.761. The van der Waals surface area contributed by atoms with Gasteiger partial charge in [-0.3, -0.25) is 4.79 Å². The average Bonchev–Trinajstić information content (AvgIpc) is 3.37. The van der Waals surface area contributed by atoms with Crippen LogP contribution in [0.3, 0.4) is 0 Å². The van der Waals surface area contributed by atoms with Crippen molar-refractivity contribution in [1.82, 2.24) is 5.01 Å². The van der Waals surface area contributed by atoms with Crippen molar-refractivity contribution in [3.63, 3.8) is 0 Å². The molecule has 27 heavy (non-hydrogen) atoms. The molecule has 0 spiro atoms. The number of fused-ring (bicyclic) bond motifs is 3. The van der Waals surface area contributed by atoms with Gasteiger partial charge in [0.05, 0.1) is 16.6 Å². The average molecular weight is 439 g/mol. The summed E-state index contributed by atoms with van der Waals surface area (Å²) < 4.78 is 7.06. The van der Waals surface area contributed by atoms with Gasteiger partial charge in [0.25, 0.3) is 6.23 Å². The van der Waals surface area contributed by atoms with Crippen LogP contribution in [0.15, 0.2) is 75.6 Å². The number of ketones is 1. The Balaban J connectivity index is 1.56. The standard InChI is InChI=1S/C21H15BrN2O2S/c22-14-9-7-13(8-10-14)20(25)21-24-17(15-4-1-2-5-18(15)26-21)12-16(23-24)19-6-3-11-27-19/h1-11,17,21H,12H2/t17-,21-/m1/s1. The molecule has 2 atom stereocenters. The van der Waals surface area contributed by atoms with Crippen LogP contribution in [-0.4, -0.2) is 22.7 Å². The second-order valence-electron chi connectivity index (χ2n) is 6.50. The van der Waals surface area contributed by atoms with Gasteiger partial charge in [-0.25, -0.2) is 5.01 Å². The molecule has 0 aliphatic carbocycles. The molecule has 4 nitrogen and oxygen atoms in total. The molecule has 2 aromatic carbocycles. The monoisotopic (exact) mass is 438 g/mol. The first-order valence-electron chi connectivity index (χ1n) is 8.66. The van der Waals surface area contributed by atoms with E-state index >= 15 is 0 Å². The summed E-state index contributed by atoms with van der Waals surface area (Å²) in [6.45, 7) is 0. The molecule has 0 radical (unpaired) electrons. The Morgan fingerprint density at radius 3 is 2.70 bits per heavy atom. The molecule has 0 unspecified atom stereocenters. The maximum Gasteiger partial charge on any atom is 0.251 e. The molecule has 1 aromatic heterocycles. The highest BCUT2D eigenvalue weighted by molar-refractivity contribution is 9.10. The van der Waals surface area contributed by atoms with Gasteiger partial charge in [-0.05, 0) is 29.6 Å². The van der Waals surface area contributed by atoms with E-state index in [-0.39, 0.29) is 11.8 Å². The Morgan fingerprint density at radius 2 is 1.93 bits per heavy atom. The molecule has 0 amide bonds. The number of carbonyl (C=O) groups is 1. The fourth-order valence-corrected chi connectivity index (χ4v) is 4.54. The van der Waals surface area contributed by atoms with Crippen LogP contribution >= 0.6 is 27.3 Å². The van der Waals surface area contributed by atoms with Crippen molar-refractivity contribution >= 4 is 38.8 Å². The predicted octanol–water partition coefficient (Wildman–Crippen LogP) is 5.26. The Hall–Kier alpha value is -2.44. The van der Waals surface area contributed by atoms with Crippen LogP contribution in [0.2, 0.25) is 0 Å². The fourth-order valence-electron chi connectivity index (χ4n) is 3.56. The summed E-state index contributed by atoms with van der Waals surface area (Å²) in [5.41, 5.74) is 2.69. The lowest BCUT2D eigenvalue weighted by Gasteiger charge is -2.37. The van der Waals surface area contributed by atoms with Gasteiger partial charge in [0.15, 0.2) is 0 Å². The van der Waals surface area contributed by atoms with E-state index in [2.05, 4.69) is 28.1 Å². The molecule has 3 aromatic rings. The lowest BCUT2D eigenvalue weighted by Crippen LogP contribution is -2.45. The number of Topliss-reactive ketones (excluding diaryl/α,β-unsaturated/α-hetero) is 1. The quantitative estimate of drug-likeness (QED) is 0.523. The first kappa shape index (κ1) is 16.7. The number of hydrogen-bond donors (Lipinski definition) is 0. The molecule has 134 valence electrons. The van der Waals surface area contributed by atoms with Gasteiger partial charge < -0.3 is 4.74 Å². The summed E-state index contributed by atoms with van der Waals surface area (Å²) in [5.74, 6) is 0.676. The molecule has 2 aliphatic heterocycles. The minimum Gasteiger partial charge on any atom is -0.461 e. The third kappa shape index (κ3) is 2.89. The molecule has 0 N–H and O–H groups in total. The van der Waals surface area contributed by atoms with E-state index in [1.165, 1.54) is 0 Å². The Labute approximate surface area is 169 Å². The number of para-hydroxylation sites is 1. The van der Waals surface area contributed by atoms with Crippen molar-refractivity contribution in [3.8, 4) is 5.75 Å². The van der Waals surface area contributed by atoms with Gasteiger partial charge in [0, 0.05) is 22.0 Å². The molecule has 3 heterocycles. The molecular formula is C21H15BrN2O2S. The highest BCUT2D eigenvalue weighted by Gasteiger charge is 2.43. The zero-order valence-corrected chi connectivity index (χ0v) is 16.6. The van der Waals surface area contributed by atoms with Crippen LogP contribution in [0.4, 0.5) is 0 Å². The number of rotatable bonds is 3. The van der Waals surface area contributed by atoms with Crippen LogP contribution in [0.5, 0.6) is 5.75 Å². The second kappa shape index (κ2) is 6.62. The third-order valence-corrected chi connectivity index (χ3v) is 6.31. The summed E-state index contributed by atoms with van der Waals surface area (Å²) in [5, 5.41) is 8.68. The number of hydrazone groups is 1. The molecule has 0 bridgehead atoms. The molecule has 0 saturated heterocycles. The van der Waals surface area contributed by atoms with Crippen LogP contribution in [0, 0.1) is 0 Å². The zero-order valence-electron chi connectivity index (χ0n) is 14.2. The summed E-state index contributed by atoms with van der Waals surface area (Å²) in [6.07, 6.45) is 0.00824. The number of carbonyl (C=O) groups excluding carboxylic acids is 1. The maximum atomic E-state index is 13.2. The Bertz CT molecular complexity index is 1030. The van der Waals surface area contributed by atoms with Crippen molar-refractivity contribution in [1.29, 1.82) is 0 Å². The van der Waals surface area contributed by atoms with Gasteiger partial charge >= 0.3 is 0 Å². The zero-order chi connectivity index (χ0) is 18.4. The van der Waals surface area contributed by atoms with Crippen molar-refractivity contribution in [2.75, 3.05) is 0 Å². The first-order valence-corrected chi connectivity index (χ1v) is 10.3. The molecular weight excluding hydrogens is 424 g/mol. The molecule has 0 saturated carbocycles. The van der Waals surface area contributed by atoms with E-state index in [1.54, 1.807) is 11.3 Å². The number of ether oxygens (including phenoxy) is 1. The van der Waals surface area contributed by atoms with Crippen LogP contribution in [0.25, 0.3) is 0 Å². The number of benzene rings is 2. The lowest BCUT2D eigenvalue weighted by molar-refractivity contribution is -0.00455. The van der Waals surface area contributed by atoms with E-state index in [4.69, 9.17) is 9.84 Å². The molecule has 2 aliphatic rings. The van der Waals surface area contributed by atoms with Gasteiger partial charge in [-0.1, -0.05) is 52.3 Å². The van der Waals surface area contributed by atoms with E-state index in [0.29, 0.717) is 5.56 Å². The van der Waals surface area contributed by atoms with E-state index in [9.17, 15) is 4.79 Å². The summed E-state index contributed by atoms with van der Waals surface area (Å²) in [7, 11) is 0. The highest BCUT2D eigenvalue weighted by atomic mass is 79.9. The SMILES string of the molecule is O=C(c1ccc(Br)cc1)[C@H]1Oc2ccccc2[C@H]2CC(c3cccs3)=NN12. The van der Waals surface area contributed by atoms with Gasteiger partial charge in [-0.15, -0.1) is 11.3 Å². The number of hydrogen-bond acceptors (Lipinski definition) is 5.